The molecule has 0 fully saturated rings. The van der Waals surface area contributed by atoms with Crippen molar-refractivity contribution in [3.8, 4) is 5.75 Å². The molecule has 0 bridgehead atoms. The molecule has 166 valence electrons. The SMILES string of the molecule is CC[NH+](CC(=O)Nc1ccc(OC)cc1)CC(=O)N[C@@H](C)c1ccc2c(c1)CCCC2. The van der Waals surface area contributed by atoms with Gasteiger partial charge in [-0.05, 0) is 80.5 Å². The average Bonchev–Trinajstić information content (AvgIpc) is 2.78. The third-order valence-corrected chi connectivity index (χ3v) is 5.94. The van der Waals surface area contributed by atoms with Gasteiger partial charge in [-0.1, -0.05) is 18.2 Å². The van der Waals surface area contributed by atoms with E-state index >= 15 is 0 Å². The Morgan fingerprint density at radius 3 is 2.35 bits per heavy atom. The van der Waals surface area contributed by atoms with E-state index in [-0.39, 0.29) is 30.9 Å². The van der Waals surface area contributed by atoms with Gasteiger partial charge in [-0.3, -0.25) is 9.59 Å². The van der Waals surface area contributed by atoms with Crippen LogP contribution in [0.2, 0.25) is 0 Å². The minimum absolute atomic E-state index is 0.0423. The van der Waals surface area contributed by atoms with Crippen LogP contribution < -0.4 is 20.3 Å². The second-order valence-electron chi connectivity index (χ2n) is 8.26. The molecule has 3 rings (SSSR count). The molecule has 2 amide bonds. The van der Waals surface area contributed by atoms with E-state index in [1.807, 2.05) is 13.8 Å². The number of benzene rings is 2. The van der Waals surface area contributed by atoms with Crippen LogP contribution in [0, 0.1) is 0 Å². The van der Waals surface area contributed by atoms with E-state index in [1.54, 1.807) is 31.4 Å². The molecule has 2 atom stereocenters. The number of ether oxygens (including phenoxy) is 1. The molecule has 6 heteroatoms. The number of hydrogen-bond acceptors (Lipinski definition) is 3. The second kappa shape index (κ2) is 11.0. The van der Waals surface area contributed by atoms with Gasteiger partial charge < -0.3 is 20.3 Å². The minimum atomic E-state index is -0.113. The number of methoxy groups -OCH3 is 1. The Kier molecular flexibility index (Phi) is 8.06. The number of likely N-dealkylation sites (N-methyl/N-ethyl adjacent to an activating group) is 1. The highest BCUT2D eigenvalue weighted by Crippen LogP contribution is 2.24. The fourth-order valence-electron chi connectivity index (χ4n) is 4.04. The maximum atomic E-state index is 12.6. The monoisotopic (exact) mass is 424 g/mol. The Morgan fingerprint density at radius 1 is 1.00 bits per heavy atom. The van der Waals surface area contributed by atoms with E-state index in [0.29, 0.717) is 12.2 Å². The molecule has 0 aliphatic heterocycles. The third kappa shape index (κ3) is 6.56. The summed E-state index contributed by atoms with van der Waals surface area (Å²) in [5.74, 6) is 0.584. The van der Waals surface area contributed by atoms with Gasteiger partial charge in [-0.2, -0.15) is 0 Å². The number of fused-ring (bicyclic) bond motifs is 1. The largest absolute Gasteiger partial charge is 0.497 e. The van der Waals surface area contributed by atoms with E-state index in [2.05, 4.69) is 28.8 Å². The lowest BCUT2D eigenvalue weighted by molar-refractivity contribution is -0.881. The molecule has 0 saturated heterocycles. The maximum Gasteiger partial charge on any atom is 0.279 e. The van der Waals surface area contributed by atoms with Crippen LogP contribution in [0.3, 0.4) is 0 Å². The first-order valence-corrected chi connectivity index (χ1v) is 11.2. The van der Waals surface area contributed by atoms with Gasteiger partial charge in [0.2, 0.25) is 0 Å². The molecule has 3 N–H and O–H groups in total. The standard InChI is InChI=1S/C25H33N3O3/c1-4-28(17-25(30)27-22-11-13-23(31-3)14-12-22)16-24(29)26-18(2)20-10-9-19-7-5-6-8-21(19)15-20/h9-15,18H,4-8,16-17H2,1-3H3,(H,26,29)(H,27,30)/p+1/t18-/m0/s1. The number of carbonyl (C=O) groups is 2. The van der Waals surface area contributed by atoms with Crippen molar-refractivity contribution in [3.05, 3.63) is 59.2 Å². The van der Waals surface area contributed by atoms with Crippen molar-refractivity contribution in [3.63, 3.8) is 0 Å². The smallest absolute Gasteiger partial charge is 0.279 e. The number of carbonyl (C=O) groups excluding carboxylic acids is 2. The van der Waals surface area contributed by atoms with Crippen LogP contribution in [-0.4, -0.2) is 38.6 Å². The van der Waals surface area contributed by atoms with Crippen LogP contribution in [0.25, 0.3) is 0 Å². The summed E-state index contributed by atoms with van der Waals surface area (Å²) in [5.41, 5.74) is 4.72. The Bertz CT molecular complexity index is 895. The highest BCUT2D eigenvalue weighted by molar-refractivity contribution is 5.91. The number of hydrogen-bond donors (Lipinski definition) is 3. The molecule has 1 aliphatic rings. The fourth-order valence-corrected chi connectivity index (χ4v) is 4.04. The summed E-state index contributed by atoms with van der Waals surface area (Å²) >= 11 is 0. The first kappa shape index (κ1) is 22.8. The Hall–Kier alpha value is -2.86. The molecule has 31 heavy (non-hydrogen) atoms. The van der Waals surface area contributed by atoms with Crippen LogP contribution in [-0.2, 0) is 22.4 Å². The second-order valence-corrected chi connectivity index (χ2v) is 8.26. The number of amides is 2. The molecule has 0 heterocycles. The van der Waals surface area contributed by atoms with Crippen molar-refractivity contribution >= 4 is 17.5 Å². The summed E-state index contributed by atoms with van der Waals surface area (Å²) in [6, 6.07) is 13.7. The van der Waals surface area contributed by atoms with Crippen LogP contribution >= 0.6 is 0 Å². The summed E-state index contributed by atoms with van der Waals surface area (Å²) in [6.07, 6.45) is 4.79. The zero-order chi connectivity index (χ0) is 22.2. The first-order valence-electron chi connectivity index (χ1n) is 11.2. The molecular weight excluding hydrogens is 390 g/mol. The van der Waals surface area contributed by atoms with Gasteiger partial charge in [0.15, 0.2) is 13.1 Å². The molecular formula is C25H34N3O3+. The van der Waals surface area contributed by atoms with Gasteiger partial charge in [0.25, 0.3) is 11.8 Å². The average molecular weight is 425 g/mol. The van der Waals surface area contributed by atoms with Crippen LogP contribution in [0.4, 0.5) is 5.69 Å². The Morgan fingerprint density at radius 2 is 1.68 bits per heavy atom. The van der Waals surface area contributed by atoms with Gasteiger partial charge in [0, 0.05) is 5.69 Å². The van der Waals surface area contributed by atoms with Crippen LogP contribution in [0.5, 0.6) is 5.75 Å². The van der Waals surface area contributed by atoms with E-state index in [0.717, 1.165) is 29.1 Å². The third-order valence-electron chi connectivity index (χ3n) is 5.94. The zero-order valence-electron chi connectivity index (χ0n) is 18.8. The number of nitrogens with one attached hydrogen (secondary N) is 3. The highest BCUT2D eigenvalue weighted by atomic mass is 16.5. The van der Waals surface area contributed by atoms with E-state index < -0.39 is 0 Å². The summed E-state index contributed by atoms with van der Waals surface area (Å²) in [7, 11) is 1.60. The Labute approximate surface area is 185 Å². The van der Waals surface area contributed by atoms with Crippen molar-refractivity contribution in [2.45, 2.75) is 45.6 Å². The summed E-state index contributed by atoms with van der Waals surface area (Å²) in [5, 5.41) is 5.98. The lowest BCUT2D eigenvalue weighted by Gasteiger charge is -2.21. The van der Waals surface area contributed by atoms with E-state index in [9.17, 15) is 9.59 Å². The van der Waals surface area contributed by atoms with Gasteiger partial charge in [-0.15, -0.1) is 0 Å². The molecule has 2 aromatic rings. The van der Waals surface area contributed by atoms with Crippen LogP contribution in [0.1, 0.15) is 49.4 Å². The highest BCUT2D eigenvalue weighted by Gasteiger charge is 2.19. The van der Waals surface area contributed by atoms with Crippen molar-refractivity contribution in [2.24, 2.45) is 0 Å². The lowest BCUT2D eigenvalue weighted by Crippen LogP contribution is -3.14. The molecule has 0 radical (unpaired) electrons. The molecule has 0 saturated carbocycles. The summed E-state index contributed by atoms with van der Waals surface area (Å²) < 4.78 is 5.13. The minimum Gasteiger partial charge on any atom is -0.497 e. The predicted molar refractivity (Wildman–Crippen MR) is 123 cm³/mol. The van der Waals surface area contributed by atoms with Crippen molar-refractivity contribution in [2.75, 3.05) is 32.1 Å². The molecule has 0 aromatic heterocycles. The van der Waals surface area contributed by atoms with Crippen molar-refractivity contribution in [1.29, 1.82) is 0 Å². The number of aryl methyl sites for hydroxylation is 2. The van der Waals surface area contributed by atoms with E-state index in [1.165, 1.54) is 24.0 Å². The van der Waals surface area contributed by atoms with Gasteiger partial charge >= 0.3 is 0 Å². The van der Waals surface area contributed by atoms with Gasteiger partial charge in [0.05, 0.1) is 19.7 Å². The number of quaternary nitrogens is 1. The van der Waals surface area contributed by atoms with Crippen LogP contribution in [0.15, 0.2) is 42.5 Å². The molecule has 6 nitrogen and oxygen atoms in total. The quantitative estimate of drug-likeness (QED) is 0.578. The summed E-state index contributed by atoms with van der Waals surface area (Å²) in [4.78, 5) is 25.9. The zero-order valence-corrected chi connectivity index (χ0v) is 18.8. The van der Waals surface area contributed by atoms with Crippen molar-refractivity contribution in [1.82, 2.24) is 5.32 Å². The van der Waals surface area contributed by atoms with Gasteiger partial charge in [-0.25, -0.2) is 0 Å². The fraction of sp³-hybridized carbons (Fsp3) is 0.440. The predicted octanol–water partition coefficient (Wildman–Crippen LogP) is 2.29. The van der Waals surface area contributed by atoms with Crippen molar-refractivity contribution < 1.29 is 19.2 Å². The summed E-state index contributed by atoms with van der Waals surface area (Å²) in [6.45, 7) is 5.20. The van der Waals surface area contributed by atoms with E-state index in [4.69, 9.17) is 4.74 Å². The molecule has 1 aliphatic carbocycles. The number of rotatable bonds is 9. The lowest BCUT2D eigenvalue weighted by atomic mass is 9.89. The molecule has 0 spiro atoms. The van der Waals surface area contributed by atoms with Gasteiger partial charge in [0.1, 0.15) is 5.75 Å². The molecule has 2 aromatic carbocycles. The topological polar surface area (TPSA) is 71.9 Å². The first-order chi connectivity index (χ1) is 15.0. The molecule has 1 unspecified atom stereocenters. The Balaban J connectivity index is 1.49. The maximum absolute atomic E-state index is 12.6. The number of anilines is 1. The normalized spacial score (nSPS) is 14.8.